The van der Waals surface area contributed by atoms with E-state index >= 15 is 0 Å². The van der Waals surface area contributed by atoms with Crippen molar-refractivity contribution in [1.29, 1.82) is 0 Å². The topological polar surface area (TPSA) is 122 Å². The number of methoxy groups -OCH3 is 1. The Morgan fingerprint density at radius 1 is 1.06 bits per heavy atom. The molecule has 1 aromatic carbocycles. The van der Waals surface area contributed by atoms with E-state index in [2.05, 4.69) is 15.4 Å². The van der Waals surface area contributed by atoms with Crippen molar-refractivity contribution in [1.82, 2.24) is 9.62 Å². The first kappa shape index (κ1) is 23.3. The summed E-state index contributed by atoms with van der Waals surface area (Å²) < 4.78 is 31.8. The number of anilines is 1. The lowest BCUT2D eigenvalue weighted by Gasteiger charge is -2.25. The van der Waals surface area contributed by atoms with Gasteiger partial charge in [-0.25, -0.2) is 8.42 Å². The minimum Gasteiger partial charge on any atom is -0.468 e. The number of hydrogen-bond acceptors (Lipinski definition) is 8. The molecule has 2 aromatic rings. The van der Waals surface area contributed by atoms with E-state index in [0.717, 1.165) is 22.8 Å². The van der Waals surface area contributed by atoms with Crippen molar-refractivity contribution < 1.29 is 27.5 Å². The number of benzene rings is 1. The molecule has 0 radical (unpaired) electrons. The maximum absolute atomic E-state index is 12.9. The molecule has 1 aliphatic heterocycles. The lowest BCUT2D eigenvalue weighted by Crippen LogP contribution is -2.38. The average molecular weight is 484 g/mol. The molecule has 12 heteroatoms. The van der Waals surface area contributed by atoms with E-state index in [9.17, 15) is 22.8 Å². The number of hydrogen-bond donors (Lipinski definition) is 2. The first-order valence-electron chi connectivity index (χ1n) is 9.24. The van der Waals surface area contributed by atoms with Crippen LogP contribution in [-0.2, 0) is 19.6 Å². The van der Waals surface area contributed by atoms with E-state index in [1.807, 2.05) is 0 Å². The van der Waals surface area contributed by atoms with Crippen molar-refractivity contribution in [3.05, 3.63) is 46.2 Å². The highest BCUT2D eigenvalue weighted by molar-refractivity contribution is 7.99. The monoisotopic (exact) mass is 483 g/mol. The van der Waals surface area contributed by atoms with E-state index < -0.39 is 27.8 Å². The summed E-state index contributed by atoms with van der Waals surface area (Å²) in [6, 6.07) is 7.47. The zero-order chi connectivity index (χ0) is 22.4. The smallest absolute Gasteiger partial charge is 0.325 e. The Labute approximate surface area is 188 Å². The van der Waals surface area contributed by atoms with Crippen LogP contribution in [0.15, 0.2) is 40.6 Å². The van der Waals surface area contributed by atoms with Gasteiger partial charge in [-0.15, -0.1) is 11.3 Å². The second-order valence-electron chi connectivity index (χ2n) is 6.42. The minimum absolute atomic E-state index is 0.000656. The number of carbonyl (C=O) groups excluding carboxylic acids is 3. The second kappa shape index (κ2) is 10.3. The Bertz CT molecular complexity index is 1060. The van der Waals surface area contributed by atoms with Gasteiger partial charge in [0, 0.05) is 35.8 Å². The Morgan fingerprint density at radius 2 is 1.74 bits per heavy atom. The Morgan fingerprint density at radius 3 is 2.39 bits per heavy atom. The Balaban J connectivity index is 1.68. The van der Waals surface area contributed by atoms with Gasteiger partial charge >= 0.3 is 5.97 Å². The molecule has 31 heavy (non-hydrogen) atoms. The van der Waals surface area contributed by atoms with Crippen LogP contribution in [0.1, 0.15) is 20.0 Å². The number of esters is 1. The largest absolute Gasteiger partial charge is 0.468 e. The molecule has 166 valence electrons. The molecule has 9 nitrogen and oxygen atoms in total. The van der Waals surface area contributed by atoms with Crippen molar-refractivity contribution in [2.45, 2.75) is 4.90 Å². The summed E-state index contributed by atoms with van der Waals surface area (Å²) >= 11 is 2.75. The summed E-state index contributed by atoms with van der Waals surface area (Å²) in [6.07, 6.45) is 0. The first-order valence-corrected chi connectivity index (χ1v) is 12.7. The molecular weight excluding hydrogens is 462 g/mol. The van der Waals surface area contributed by atoms with Crippen molar-refractivity contribution in [2.24, 2.45) is 0 Å². The predicted octanol–water partition coefficient (Wildman–Crippen LogP) is 1.64. The van der Waals surface area contributed by atoms with Gasteiger partial charge in [0.05, 0.1) is 7.11 Å². The Kier molecular flexibility index (Phi) is 7.70. The van der Waals surface area contributed by atoms with Crippen molar-refractivity contribution in [3.63, 3.8) is 0 Å². The molecule has 0 unspecified atom stereocenters. The maximum atomic E-state index is 12.9. The highest BCUT2D eigenvalue weighted by atomic mass is 32.2. The van der Waals surface area contributed by atoms with Gasteiger partial charge in [0.1, 0.15) is 16.3 Å². The number of nitrogens with zero attached hydrogens (tertiary/aromatic N) is 1. The number of amides is 2. The highest BCUT2D eigenvalue weighted by Crippen LogP contribution is 2.28. The van der Waals surface area contributed by atoms with E-state index in [-0.39, 0.29) is 16.3 Å². The van der Waals surface area contributed by atoms with Gasteiger partial charge in [-0.1, -0.05) is 0 Å². The third-order valence-corrected chi connectivity index (χ3v) is 8.38. The number of thiophene rings is 1. The van der Waals surface area contributed by atoms with Crippen LogP contribution in [0.4, 0.5) is 5.69 Å². The molecule has 2 N–H and O–H groups in total. The molecule has 3 rings (SSSR count). The molecule has 0 bridgehead atoms. The zero-order valence-corrected chi connectivity index (χ0v) is 19.1. The van der Waals surface area contributed by atoms with Crippen LogP contribution in [-0.4, -0.2) is 68.8 Å². The molecule has 0 saturated carbocycles. The normalized spacial score (nSPS) is 14.6. The number of nitrogens with one attached hydrogen (secondary N) is 2. The lowest BCUT2D eigenvalue weighted by molar-refractivity contribution is -0.139. The van der Waals surface area contributed by atoms with Crippen molar-refractivity contribution in [3.8, 4) is 0 Å². The fourth-order valence-corrected chi connectivity index (χ4v) is 6.68. The number of ether oxygens (including phenoxy) is 1. The summed E-state index contributed by atoms with van der Waals surface area (Å²) in [5.74, 6) is -0.116. The molecular formula is C19H21N3O6S3. The molecule has 2 heterocycles. The molecule has 1 aromatic heterocycles. The van der Waals surface area contributed by atoms with Gasteiger partial charge in [-0.2, -0.15) is 16.1 Å². The molecule has 2 amide bonds. The number of carbonyl (C=O) groups is 3. The number of thioether (sulfide) groups is 1. The van der Waals surface area contributed by atoms with Crippen LogP contribution in [0, 0.1) is 0 Å². The predicted molar refractivity (Wildman–Crippen MR) is 119 cm³/mol. The lowest BCUT2D eigenvalue weighted by atomic mass is 10.2. The first-order chi connectivity index (χ1) is 14.8. The molecule has 0 aliphatic carbocycles. The maximum Gasteiger partial charge on any atom is 0.325 e. The SMILES string of the molecule is COC(=O)CNC(=O)c1ccc(NC(=O)c2sccc2S(=O)(=O)N2CCSCC2)cc1. The van der Waals surface area contributed by atoms with E-state index in [0.29, 0.717) is 24.3 Å². The second-order valence-corrected chi connectivity index (χ2v) is 10.5. The van der Waals surface area contributed by atoms with Crippen LogP contribution in [0.25, 0.3) is 0 Å². The van der Waals surface area contributed by atoms with Crippen LogP contribution in [0.3, 0.4) is 0 Å². The molecule has 1 fully saturated rings. The summed E-state index contributed by atoms with van der Waals surface area (Å²) in [5, 5.41) is 6.66. The van der Waals surface area contributed by atoms with Gasteiger partial charge in [0.25, 0.3) is 11.8 Å². The van der Waals surface area contributed by atoms with Crippen LogP contribution >= 0.6 is 23.1 Å². The third-order valence-electron chi connectivity index (χ3n) is 4.45. The van der Waals surface area contributed by atoms with Crippen LogP contribution in [0.2, 0.25) is 0 Å². The summed E-state index contributed by atoms with van der Waals surface area (Å²) in [5.41, 5.74) is 0.699. The molecule has 0 atom stereocenters. The Hall–Kier alpha value is -2.41. The van der Waals surface area contributed by atoms with Gasteiger partial charge < -0.3 is 15.4 Å². The zero-order valence-electron chi connectivity index (χ0n) is 16.6. The average Bonchev–Trinajstić information content (AvgIpc) is 3.29. The van der Waals surface area contributed by atoms with Gasteiger partial charge in [0.2, 0.25) is 10.0 Å². The van der Waals surface area contributed by atoms with Crippen LogP contribution < -0.4 is 10.6 Å². The summed E-state index contributed by atoms with van der Waals surface area (Å²) in [6.45, 7) is 0.589. The fourth-order valence-electron chi connectivity index (χ4n) is 2.81. The minimum atomic E-state index is -3.74. The standard InChI is InChI=1S/C19H21N3O6S3/c1-28-16(23)12-20-18(24)13-2-4-14(5-3-13)21-19(25)17-15(6-9-30-17)31(26,27)22-7-10-29-11-8-22/h2-6,9H,7-8,10-12H2,1H3,(H,20,24)(H,21,25). The van der Waals surface area contributed by atoms with E-state index in [4.69, 9.17) is 0 Å². The van der Waals surface area contributed by atoms with E-state index in [1.54, 1.807) is 17.1 Å². The van der Waals surface area contributed by atoms with Crippen molar-refractivity contribution in [2.75, 3.05) is 43.6 Å². The quantitative estimate of drug-likeness (QED) is 0.574. The van der Waals surface area contributed by atoms with Gasteiger partial charge in [-0.3, -0.25) is 14.4 Å². The molecule has 0 spiro atoms. The summed E-state index contributed by atoms with van der Waals surface area (Å²) in [7, 11) is -2.52. The third kappa shape index (κ3) is 5.64. The van der Waals surface area contributed by atoms with Gasteiger partial charge in [-0.05, 0) is 35.7 Å². The number of sulfonamides is 1. The highest BCUT2D eigenvalue weighted by Gasteiger charge is 2.31. The fraction of sp³-hybridized carbons (Fsp3) is 0.316. The van der Waals surface area contributed by atoms with Gasteiger partial charge in [0.15, 0.2) is 0 Å². The summed E-state index contributed by atoms with van der Waals surface area (Å²) in [4.78, 5) is 36.0. The number of rotatable bonds is 7. The van der Waals surface area contributed by atoms with E-state index in [1.165, 1.54) is 41.7 Å². The molecule has 1 aliphatic rings. The van der Waals surface area contributed by atoms with Crippen molar-refractivity contribution >= 4 is 56.6 Å². The van der Waals surface area contributed by atoms with Crippen LogP contribution in [0.5, 0.6) is 0 Å². The molecule has 1 saturated heterocycles.